The highest BCUT2D eigenvalue weighted by Crippen LogP contribution is 2.35. The van der Waals surface area contributed by atoms with E-state index < -0.39 is 8.24 Å². The lowest BCUT2D eigenvalue weighted by molar-refractivity contribution is 0.487. The third-order valence-corrected chi connectivity index (χ3v) is 7.06. The smallest absolute Gasteiger partial charge is 0.122 e. The minimum absolute atomic E-state index is 0.996. The molecule has 0 saturated heterocycles. The third kappa shape index (κ3) is 3.28. The Morgan fingerprint density at radius 1 is 1.31 bits per heavy atom. The van der Waals surface area contributed by atoms with Gasteiger partial charge in [-0.1, -0.05) is 51.3 Å². The molecule has 0 aliphatic heterocycles. The maximum atomic E-state index is 3.77. The Morgan fingerprint density at radius 2 is 1.92 bits per heavy atom. The molecule has 1 saturated carbocycles. The van der Waals surface area contributed by atoms with Crippen LogP contribution in [0.3, 0.4) is 0 Å². The van der Waals surface area contributed by atoms with Crippen molar-refractivity contribution in [2.45, 2.75) is 50.7 Å². The first-order valence-corrected chi connectivity index (χ1v) is 8.60. The van der Waals surface area contributed by atoms with Crippen molar-refractivity contribution in [2.75, 3.05) is 6.54 Å². The van der Waals surface area contributed by atoms with Crippen molar-refractivity contribution in [1.82, 2.24) is 4.98 Å². The fourth-order valence-electron chi connectivity index (χ4n) is 2.30. The molecular weight excluding hydrogens is 174 g/mol. The molecule has 1 rings (SSSR count). The van der Waals surface area contributed by atoms with Gasteiger partial charge in [-0.25, -0.2) is 0 Å². The average molecular weight is 197 g/mol. The van der Waals surface area contributed by atoms with Gasteiger partial charge < -0.3 is 4.98 Å². The van der Waals surface area contributed by atoms with Crippen molar-refractivity contribution in [3.63, 3.8) is 0 Å². The van der Waals surface area contributed by atoms with Gasteiger partial charge in [-0.15, -0.1) is 6.58 Å². The molecule has 0 atom stereocenters. The monoisotopic (exact) mass is 197 g/mol. The summed E-state index contributed by atoms with van der Waals surface area (Å²) in [5.41, 5.74) is 1.00. The van der Waals surface area contributed by atoms with E-state index in [1.807, 2.05) is 6.08 Å². The van der Waals surface area contributed by atoms with Crippen LogP contribution in [0, 0.1) is 0 Å². The van der Waals surface area contributed by atoms with Gasteiger partial charge in [-0.3, -0.25) is 0 Å². The van der Waals surface area contributed by atoms with E-state index in [2.05, 4.69) is 24.7 Å². The highest BCUT2D eigenvalue weighted by Gasteiger charge is 2.31. The van der Waals surface area contributed by atoms with Gasteiger partial charge in [0.2, 0.25) is 0 Å². The summed E-state index contributed by atoms with van der Waals surface area (Å²) >= 11 is 0. The SMILES string of the molecule is C=CCN[Si](C)(C)C1CCCCC1. The van der Waals surface area contributed by atoms with Crippen LogP contribution in [0.5, 0.6) is 0 Å². The van der Waals surface area contributed by atoms with Crippen LogP contribution in [-0.4, -0.2) is 14.8 Å². The zero-order valence-electron chi connectivity index (χ0n) is 9.10. The Morgan fingerprint density at radius 3 is 2.46 bits per heavy atom. The summed E-state index contributed by atoms with van der Waals surface area (Å²) in [5, 5.41) is 0. The number of hydrogen-bond acceptors (Lipinski definition) is 1. The van der Waals surface area contributed by atoms with E-state index in [1.54, 1.807) is 0 Å². The average Bonchev–Trinajstić information content (AvgIpc) is 2.16. The van der Waals surface area contributed by atoms with Crippen molar-refractivity contribution in [3.05, 3.63) is 12.7 Å². The molecule has 0 amide bonds. The van der Waals surface area contributed by atoms with E-state index in [9.17, 15) is 0 Å². The van der Waals surface area contributed by atoms with E-state index in [4.69, 9.17) is 0 Å². The molecule has 0 spiro atoms. The van der Waals surface area contributed by atoms with Crippen LogP contribution in [0.4, 0.5) is 0 Å². The largest absolute Gasteiger partial charge is 0.334 e. The summed E-state index contributed by atoms with van der Waals surface area (Å²) in [6.45, 7) is 9.69. The molecule has 1 fully saturated rings. The number of rotatable bonds is 4. The maximum Gasteiger partial charge on any atom is 0.122 e. The minimum atomic E-state index is -1.14. The molecule has 13 heavy (non-hydrogen) atoms. The summed E-state index contributed by atoms with van der Waals surface area (Å²) in [6.07, 6.45) is 9.28. The first-order chi connectivity index (χ1) is 6.17. The molecule has 2 heteroatoms. The van der Waals surface area contributed by atoms with Crippen molar-refractivity contribution >= 4 is 8.24 Å². The second kappa shape index (κ2) is 4.96. The van der Waals surface area contributed by atoms with Gasteiger partial charge >= 0.3 is 0 Å². The Labute approximate surface area is 83.7 Å². The molecule has 0 aromatic heterocycles. The zero-order valence-corrected chi connectivity index (χ0v) is 10.1. The van der Waals surface area contributed by atoms with Crippen molar-refractivity contribution in [2.24, 2.45) is 0 Å². The van der Waals surface area contributed by atoms with E-state index in [0.717, 1.165) is 12.1 Å². The summed E-state index contributed by atoms with van der Waals surface area (Å²) < 4.78 is 0. The highest BCUT2D eigenvalue weighted by molar-refractivity contribution is 6.76. The van der Waals surface area contributed by atoms with E-state index in [1.165, 1.54) is 32.1 Å². The standard InChI is InChI=1S/C11H23NSi/c1-4-10-12-13(2,3)11-8-6-5-7-9-11/h4,11-12H,1,5-10H2,2-3H3. The van der Waals surface area contributed by atoms with Gasteiger partial charge in [0.1, 0.15) is 8.24 Å². The Kier molecular flexibility index (Phi) is 4.20. The summed E-state index contributed by atoms with van der Waals surface area (Å²) in [4.78, 5) is 3.70. The van der Waals surface area contributed by atoms with Crippen LogP contribution in [0.15, 0.2) is 12.7 Å². The van der Waals surface area contributed by atoms with Gasteiger partial charge in [0.05, 0.1) is 0 Å². The quantitative estimate of drug-likeness (QED) is 0.538. The Hall–Kier alpha value is -0.0831. The molecule has 1 aliphatic rings. The Balaban J connectivity index is 2.40. The fourth-order valence-corrected chi connectivity index (χ4v) is 5.11. The van der Waals surface area contributed by atoms with Crippen molar-refractivity contribution in [1.29, 1.82) is 0 Å². The number of nitrogens with one attached hydrogen (secondary N) is 1. The second-order valence-corrected chi connectivity index (χ2v) is 9.34. The molecule has 0 aromatic carbocycles. The summed E-state index contributed by atoms with van der Waals surface area (Å²) in [5.74, 6) is 0. The first-order valence-electron chi connectivity index (χ1n) is 5.53. The van der Waals surface area contributed by atoms with Gasteiger partial charge in [0.15, 0.2) is 0 Å². The lowest BCUT2D eigenvalue weighted by atomic mass is 10.0. The van der Waals surface area contributed by atoms with Gasteiger partial charge in [-0.05, 0) is 5.54 Å². The normalized spacial score (nSPS) is 20.2. The molecule has 0 heterocycles. The summed E-state index contributed by atoms with van der Waals surface area (Å²) in [6, 6.07) is 0. The van der Waals surface area contributed by atoms with Crippen molar-refractivity contribution < 1.29 is 0 Å². The van der Waals surface area contributed by atoms with Gasteiger partial charge in [-0.2, -0.15) is 0 Å². The minimum Gasteiger partial charge on any atom is -0.334 e. The molecule has 76 valence electrons. The predicted octanol–water partition coefficient (Wildman–Crippen LogP) is 3.30. The van der Waals surface area contributed by atoms with Crippen LogP contribution in [0.1, 0.15) is 32.1 Å². The van der Waals surface area contributed by atoms with E-state index in [-0.39, 0.29) is 0 Å². The first kappa shape index (κ1) is 11.0. The van der Waals surface area contributed by atoms with Crippen LogP contribution in [-0.2, 0) is 0 Å². The van der Waals surface area contributed by atoms with Gasteiger partial charge in [0, 0.05) is 6.54 Å². The zero-order chi connectivity index (χ0) is 9.73. The van der Waals surface area contributed by atoms with Crippen LogP contribution < -0.4 is 4.98 Å². The van der Waals surface area contributed by atoms with Crippen molar-refractivity contribution in [3.8, 4) is 0 Å². The highest BCUT2D eigenvalue weighted by atomic mass is 28.3. The summed E-state index contributed by atoms with van der Waals surface area (Å²) in [7, 11) is -1.14. The molecule has 0 aromatic rings. The van der Waals surface area contributed by atoms with Crippen LogP contribution in [0.2, 0.25) is 18.6 Å². The fraction of sp³-hybridized carbons (Fsp3) is 0.818. The molecule has 1 aliphatic carbocycles. The molecule has 0 unspecified atom stereocenters. The molecule has 1 N–H and O–H groups in total. The molecule has 1 nitrogen and oxygen atoms in total. The number of hydrogen-bond donors (Lipinski definition) is 1. The Bertz CT molecular complexity index is 159. The van der Waals surface area contributed by atoms with E-state index >= 15 is 0 Å². The van der Waals surface area contributed by atoms with Crippen LogP contribution >= 0.6 is 0 Å². The second-order valence-electron chi connectivity index (χ2n) is 4.73. The van der Waals surface area contributed by atoms with Gasteiger partial charge in [0.25, 0.3) is 0 Å². The van der Waals surface area contributed by atoms with E-state index in [0.29, 0.717) is 0 Å². The predicted molar refractivity (Wildman–Crippen MR) is 62.5 cm³/mol. The maximum absolute atomic E-state index is 3.77. The lowest BCUT2D eigenvalue weighted by Gasteiger charge is -2.35. The molecule has 0 bridgehead atoms. The third-order valence-electron chi connectivity index (χ3n) is 3.33. The molecular formula is C11H23NSi. The van der Waals surface area contributed by atoms with Crippen LogP contribution in [0.25, 0.3) is 0 Å². The topological polar surface area (TPSA) is 12.0 Å². The molecule has 0 radical (unpaired) electrons. The lowest BCUT2D eigenvalue weighted by Crippen LogP contribution is -2.49.